The van der Waals surface area contributed by atoms with Crippen molar-refractivity contribution in [1.29, 1.82) is 0 Å². The second kappa shape index (κ2) is 12.7. The Morgan fingerprint density at radius 3 is 1.03 bits per heavy atom. The summed E-state index contributed by atoms with van der Waals surface area (Å²) in [6, 6.07) is 61.1. The number of aromatic nitrogens is 3. The van der Waals surface area contributed by atoms with Crippen LogP contribution in [-0.2, 0) is 16.2 Å². The van der Waals surface area contributed by atoms with Gasteiger partial charge in [0.15, 0.2) is 0 Å². The third kappa shape index (κ3) is 5.13. The summed E-state index contributed by atoms with van der Waals surface area (Å²) in [5.74, 6) is 0. The van der Waals surface area contributed by atoms with Crippen LogP contribution in [0.2, 0.25) is 0 Å². The van der Waals surface area contributed by atoms with Gasteiger partial charge in [-0.2, -0.15) is 0 Å². The Morgan fingerprint density at radius 2 is 0.565 bits per heavy atom. The summed E-state index contributed by atoms with van der Waals surface area (Å²) in [5, 5.41) is 15.8. The van der Waals surface area contributed by atoms with Gasteiger partial charge >= 0.3 is 0 Å². The zero-order chi connectivity index (χ0) is 46.8. The van der Waals surface area contributed by atoms with Gasteiger partial charge in [-0.05, 0) is 140 Å². The molecule has 0 N–H and O–H groups in total. The Kier molecular flexibility index (Phi) is 7.26. The van der Waals surface area contributed by atoms with Gasteiger partial charge in [0.25, 0.3) is 0 Å². The van der Waals surface area contributed by atoms with E-state index >= 15 is 0 Å². The molecule has 0 atom stereocenters. The van der Waals surface area contributed by atoms with Crippen molar-refractivity contribution in [1.82, 2.24) is 13.2 Å². The van der Waals surface area contributed by atoms with Gasteiger partial charge in [0.1, 0.15) is 0 Å². The van der Waals surface area contributed by atoms with Gasteiger partial charge in [-0.3, -0.25) is 0 Å². The fourth-order valence-corrected chi connectivity index (χ4v) is 12.6. The second-order valence-electron chi connectivity index (χ2n) is 23.5. The Labute approximate surface area is 400 Å². The van der Waals surface area contributed by atoms with Gasteiger partial charge in [0.05, 0.1) is 49.7 Å². The number of fused-ring (bicyclic) bond motifs is 18. The minimum atomic E-state index is -0.0471. The van der Waals surface area contributed by atoms with Crippen molar-refractivity contribution >= 4 is 114 Å². The summed E-state index contributed by atoms with van der Waals surface area (Å²) >= 11 is 0. The van der Waals surface area contributed by atoms with Crippen LogP contribution >= 0.6 is 0 Å². The van der Waals surface area contributed by atoms with Crippen LogP contribution in [-0.4, -0.2) is 13.2 Å². The first kappa shape index (κ1) is 39.4. The lowest BCUT2D eigenvalue weighted by Crippen LogP contribution is -2.11. The van der Waals surface area contributed by atoms with Crippen LogP contribution in [0.3, 0.4) is 0 Å². The molecule has 0 fully saturated rings. The molecule has 0 saturated heterocycles. The summed E-state index contributed by atoms with van der Waals surface area (Å²) in [6.07, 6.45) is 0. The van der Waals surface area contributed by atoms with Gasteiger partial charge < -0.3 is 13.2 Å². The maximum absolute atomic E-state index is 2.63. The van der Waals surface area contributed by atoms with Crippen molar-refractivity contribution in [2.75, 3.05) is 0 Å². The van der Waals surface area contributed by atoms with Gasteiger partial charge in [-0.15, -0.1) is 0 Å². The maximum Gasteiger partial charge on any atom is 0.0620 e. The van der Waals surface area contributed by atoms with E-state index in [4.69, 9.17) is 0 Å². The molecule has 3 nitrogen and oxygen atoms in total. The van der Waals surface area contributed by atoms with Crippen molar-refractivity contribution in [3.05, 3.63) is 174 Å². The number of hydrogen-bond donors (Lipinski definition) is 0. The van der Waals surface area contributed by atoms with E-state index in [2.05, 4.69) is 233 Å². The van der Waals surface area contributed by atoms with Gasteiger partial charge in [-0.25, -0.2) is 0 Å². The normalized spacial score (nSPS) is 13.6. The maximum atomic E-state index is 2.63. The predicted molar refractivity (Wildman–Crippen MR) is 297 cm³/mol. The molecule has 0 bridgehead atoms. The third-order valence-corrected chi connectivity index (χ3v) is 16.2. The first-order valence-corrected chi connectivity index (χ1v) is 24.8. The molecule has 3 heteroatoms. The van der Waals surface area contributed by atoms with E-state index in [0.29, 0.717) is 0 Å². The zero-order valence-corrected chi connectivity index (χ0v) is 40.9. The number of nitrogens with zero attached hydrogens (tertiary/aromatic N) is 3. The van der Waals surface area contributed by atoms with Crippen LogP contribution in [0.1, 0.15) is 79.0 Å². The fourth-order valence-electron chi connectivity index (χ4n) is 12.6. The summed E-state index contributed by atoms with van der Waals surface area (Å²) < 4.78 is 7.79. The Morgan fingerprint density at radius 1 is 0.232 bits per heavy atom. The molecule has 0 radical (unpaired) electrons. The summed E-state index contributed by atoms with van der Waals surface area (Å²) in [7, 11) is 0. The third-order valence-electron chi connectivity index (χ3n) is 16.2. The molecule has 0 amide bonds. The van der Waals surface area contributed by atoms with Crippen LogP contribution < -0.4 is 0 Å². The Bertz CT molecular complexity index is 4670. The average molecular weight is 888 g/mol. The minimum Gasteiger partial charge on any atom is -0.308 e. The van der Waals surface area contributed by atoms with Crippen LogP contribution in [0, 0.1) is 0 Å². The highest BCUT2D eigenvalue weighted by Gasteiger charge is 2.29. The molecule has 0 saturated carbocycles. The molecule has 332 valence electrons. The molecular weight excluding hydrogens is 835 g/mol. The minimum absolute atomic E-state index is 0.0143. The summed E-state index contributed by atoms with van der Waals surface area (Å²) in [4.78, 5) is 0. The van der Waals surface area contributed by atoms with E-state index < -0.39 is 0 Å². The molecule has 15 aromatic rings. The average Bonchev–Trinajstić information content (AvgIpc) is 4.16. The SMILES string of the molecule is CC(C)(C)c1ccc2c(c1)c1cc(C(C)(C)C)cc3c4cc5c(cc4n2c13)c1cc(C(C)(C)C)cc2c3cc4c6cc(-c7ccccc7)cc7c8cc(-c9ccccc9)ccc8n(c4cc3n5c12)c76. The Balaban J connectivity index is 1.10. The molecule has 0 aliphatic heterocycles. The predicted octanol–water partition coefficient (Wildman–Crippen LogP) is 18.4. The Hall–Kier alpha value is -7.62. The van der Waals surface area contributed by atoms with E-state index in [9.17, 15) is 0 Å². The first-order valence-electron chi connectivity index (χ1n) is 24.8. The summed E-state index contributed by atoms with van der Waals surface area (Å²) in [5.41, 5.74) is 20.6. The molecule has 69 heavy (non-hydrogen) atoms. The summed E-state index contributed by atoms with van der Waals surface area (Å²) in [6.45, 7) is 21.1. The number of hydrogen-bond acceptors (Lipinski definition) is 0. The van der Waals surface area contributed by atoms with Crippen molar-refractivity contribution in [2.24, 2.45) is 0 Å². The smallest absolute Gasteiger partial charge is 0.0620 e. The van der Waals surface area contributed by atoms with E-state index in [1.54, 1.807) is 0 Å². The number of benzene rings is 9. The molecule has 6 aromatic heterocycles. The fraction of sp³-hybridized carbons (Fsp3) is 0.182. The second-order valence-corrected chi connectivity index (χ2v) is 23.5. The van der Waals surface area contributed by atoms with Crippen molar-refractivity contribution < 1.29 is 0 Å². The van der Waals surface area contributed by atoms with E-state index in [-0.39, 0.29) is 16.2 Å². The largest absolute Gasteiger partial charge is 0.308 e. The molecule has 9 aromatic carbocycles. The standard InChI is InChI=1S/C66H53N3/c1-64(2,3)40-21-23-56-44(27-40)51-28-41(65(4,5)6)30-53-47-34-58-48(33-57(47)67(56)62(51)53)54-31-42(66(7,8)9)29-52-46-32-45-50-26-39(37-18-14-11-15-19-37)25-49-43-24-38(36-16-12-10-13-17-36)20-22-55(43)68(61(49)50)59(45)35-60(46)69(58)63(52)54/h10-35H,1-9H3. The van der Waals surface area contributed by atoms with Crippen LogP contribution in [0.5, 0.6) is 0 Å². The lowest BCUT2D eigenvalue weighted by atomic mass is 9.84. The topological polar surface area (TPSA) is 13.2 Å². The molecule has 15 rings (SSSR count). The van der Waals surface area contributed by atoms with Gasteiger partial charge in [0, 0.05) is 64.6 Å². The van der Waals surface area contributed by atoms with E-state index in [1.807, 2.05) is 0 Å². The highest BCUT2D eigenvalue weighted by atomic mass is 15.0. The highest BCUT2D eigenvalue weighted by molar-refractivity contribution is 6.32. The molecule has 6 heterocycles. The highest BCUT2D eigenvalue weighted by Crippen LogP contribution is 2.50. The van der Waals surface area contributed by atoms with E-state index in [0.717, 1.165) is 0 Å². The molecule has 0 aliphatic rings. The molecule has 0 unspecified atom stereocenters. The molecule has 0 aliphatic carbocycles. The molecular formula is C66H53N3. The number of rotatable bonds is 2. The zero-order valence-electron chi connectivity index (χ0n) is 40.9. The van der Waals surface area contributed by atoms with Crippen LogP contribution in [0.25, 0.3) is 137 Å². The van der Waals surface area contributed by atoms with Gasteiger partial charge in [-0.1, -0.05) is 135 Å². The van der Waals surface area contributed by atoms with Crippen molar-refractivity contribution in [3.8, 4) is 22.3 Å². The van der Waals surface area contributed by atoms with Crippen LogP contribution in [0.15, 0.2) is 158 Å². The lowest BCUT2D eigenvalue weighted by Gasteiger charge is -2.20. The lowest BCUT2D eigenvalue weighted by molar-refractivity contribution is 0.590. The van der Waals surface area contributed by atoms with Gasteiger partial charge in [0.2, 0.25) is 0 Å². The van der Waals surface area contributed by atoms with Crippen molar-refractivity contribution in [3.63, 3.8) is 0 Å². The van der Waals surface area contributed by atoms with E-state index in [1.165, 1.54) is 153 Å². The van der Waals surface area contributed by atoms with Crippen molar-refractivity contribution in [2.45, 2.75) is 78.6 Å². The first-order chi connectivity index (χ1) is 33.1. The van der Waals surface area contributed by atoms with Crippen LogP contribution in [0.4, 0.5) is 0 Å². The quantitative estimate of drug-likeness (QED) is 0.164. The monoisotopic (exact) mass is 887 g/mol. The molecule has 0 spiro atoms.